The fourth-order valence-electron chi connectivity index (χ4n) is 0.896. The van der Waals surface area contributed by atoms with Crippen LogP contribution in [0, 0.1) is 5.82 Å². The van der Waals surface area contributed by atoms with Gasteiger partial charge in [0, 0.05) is 6.54 Å². The van der Waals surface area contributed by atoms with Crippen molar-refractivity contribution in [3.63, 3.8) is 0 Å². The molecule has 6 heteroatoms. The van der Waals surface area contributed by atoms with Gasteiger partial charge in [-0.2, -0.15) is 0 Å². The average Bonchev–Trinajstić information content (AvgIpc) is 2.19. The van der Waals surface area contributed by atoms with Crippen molar-refractivity contribution < 1.29 is 12.8 Å². The molecule has 0 amide bonds. The average molecular weight is 250 g/mol. The molecule has 15 heavy (non-hydrogen) atoms. The number of sulfonamides is 1. The molecule has 82 valence electrons. The van der Waals surface area contributed by atoms with Crippen molar-refractivity contribution in [2.45, 2.75) is 4.90 Å². The fourth-order valence-corrected chi connectivity index (χ4v) is 2.17. The molecule has 0 aliphatic heterocycles. The van der Waals surface area contributed by atoms with Crippen molar-refractivity contribution in [3.8, 4) is 0 Å². The second kappa shape index (κ2) is 4.74. The quantitative estimate of drug-likeness (QED) is 0.829. The predicted molar refractivity (Wildman–Crippen MR) is 56.8 cm³/mol. The smallest absolute Gasteiger partial charge is 0.207 e. The van der Waals surface area contributed by atoms with E-state index in [9.17, 15) is 12.8 Å². The summed E-state index contributed by atoms with van der Waals surface area (Å²) in [6.07, 6.45) is 1.41. The minimum Gasteiger partial charge on any atom is -0.207 e. The van der Waals surface area contributed by atoms with Gasteiger partial charge in [-0.15, -0.1) is 6.58 Å². The third-order valence-electron chi connectivity index (χ3n) is 1.62. The van der Waals surface area contributed by atoms with E-state index in [4.69, 9.17) is 11.6 Å². The Balaban J connectivity index is 3.05. The normalized spacial score (nSPS) is 11.3. The first-order chi connectivity index (χ1) is 6.97. The molecule has 0 unspecified atom stereocenters. The molecule has 1 N–H and O–H groups in total. The lowest BCUT2D eigenvalue weighted by Crippen LogP contribution is -2.23. The van der Waals surface area contributed by atoms with Crippen LogP contribution < -0.4 is 4.72 Å². The molecule has 0 bridgehead atoms. The first-order valence-electron chi connectivity index (χ1n) is 4.03. The second-order valence-electron chi connectivity index (χ2n) is 2.72. The molecule has 0 atom stereocenters. The standard InChI is InChI=1S/C9H9ClFNO2S/c1-2-5-12-15(13,14)7-3-4-9(11)8(10)6-7/h2-4,6,12H,1,5H2. The molecule has 3 nitrogen and oxygen atoms in total. The molecule has 0 heterocycles. The van der Waals surface area contributed by atoms with Gasteiger partial charge in [0.25, 0.3) is 0 Å². The van der Waals surface area contributed by atoms with E-state index in [1.165, 1.54) is 6.08 Å². The van der Waals surface area contributed by atoms with Crippen molar-refractivity contribution in [1.82, 2.24) is 4.72 Å². The van der Waals surface area contributed by atoms with Crippen LogP contribution in [0.4, 0.5) is 4.39 Å². The maximum Gasteiger partial charge on any atom is 0.240 e. The van der Waals surface area contributed by atoms with Gasteiger partial charge in [-0.1, -0.05) is 17.7 Å². The van der Waals surface area contributed by atoms with Crippen LogP contribution >= 0.6 is 11.6 Å². The summed E-state index contributed by atoms with van der Waals surface area (Å²) < 4.78 is 38.0. The van der Waals surface area contributed by atoms with E-state index in [2.05, 4.69) is 11.3 Å². The van der Waals surface area contributed by atoms with Crippen LogP contribution in [0.5, 0.6) is 0 Å². The molecule has 0 spiro atoms. The van der Waals surface area contributed by atoms with Crippen LogP contribution in [-0.2, 0) is 10.0 Å². The first kappa shape index (κ1) is 12.2. The zero-order chi connectivity index (χ0) is 11.5. The van der Waals surface area contributed by atoms with Gasteiger partial charge < -0.3 is 0 Å². The van der Waals surface area contributed by atoms with E-state index >= 15 is 0 Å². The summed E-state index contributed by atoms with van der Waals surface area (Å²) in [6.45, 7) is 3.48. The molecule has 0 aliphatic carbocycles. The Morgan fingerprint density at radius 3 is 2.73 bits per heavy atom. The van der Waals surface area contributed by atoms with Crippen molar-refractivity contribution >= 4 is 21.6 Å². The Morgan fingerprint density at radius 2 is 2.20 bits per heavy atom. The van der Waals surface area contributed by atoms with Gasteiger partial charge in [0.05, 0.1) is 9.92 Å². The molecular weight excluding hydrogens is 241 g/mol. The zero-order valence-corrected chi connectivity index (χ0v) is 9.28. The van der Waals surface area contributed by atoms with Crippen LogP contribution in [0.25, 0.3) is 0 Å². The van der Waals surface area contributed by atoms with Gasteiger partial charge in [0.15, 0.2) is 0 Å². The van der Waals surface area contributed by atoms with Gasteiger partial charge in [-0.3, -0.25) is 0 Å². The lowest BCUT2D eigenvalue weighted by molar-refractivity contribution is 0.584. The Bertz CT molecular complexity index is 473. The highest BCUT2D eigenvalue weighted by molar-refractivity contribution is 7.89. The van der Waals surface area contributed by atoms with E-state index in [0.29, 0.717) is 0 Å². The van der Waals surface area contributed by atoms with Gasteiger partial charge in [0.2, 0.25) is 10.0 Å². The lowest BCUT2D eigenvalue weighted by atomic mass is 10.3. The summed E-state index contributed by atoms with van der Waals surface area (Å²) in [5.41, 5.74) is 0. The number of halogens is 2. The SMILES string of the molecule is C=CCNS(=O)(=O)c1ccc(F)c(Cl)c1. The van der Waals surface area contributed by atoms with Crippen LogP contribution in [-0.4, -0.2) is 15.0 Å². The maximum atomic E-state index is 12.8. The van der Waals surface area contributed by atoms with Crippen molar-refractivity contribution in [3.05, 3.63) is 41.7 Å². The summed E-state index contributed by atoms with van der Waals surface area (Å²) >= 11 is 5.47. The van der Waals surface area contributed by atoms with Crippen LogP contribution in [0.1, 0.15) is 0 Å². The monoisotopic (exact) mass is 249 g/mol. The second-order valence-corrected chi connectivity index (χ2v) is 4.89. The van der Waals surface area contributed by atoms with E-state index in [1.54, 1.807) is 0 Å². The van der Waals surface area contributed by atoms with E-state index in [1.807, 2.05) is 0 Å². The fraction of sp³-hybridized carbons (Fsp3) is 0.111. The van der Waals surface area contributed by atoms with Crippen molar-refractivity contribution in [2.24, 2.45) is 0 Å². The van der Waals surface area contributed by atoms with Gasteiger partial charge in [-0.05, 0) is 18.2 Å². The molecule has 0 aliphatic rings. The number of rotatable bonds is 4. The minimum absolute atomic E-state index is 0.0734. The Hall–Kier alpha value is -0.910. The van der Waals surface area contributed by atoms with Crippen molar-refractivity contribution in [1.29, 1.82) is 0 Å². The molecule has 1 aromatic carbocycles. The largest absolute Gasteiger partial charge is 0.240 e. The molecule has 0 radical (unpaired) electrons. The molecule has 0 fully saturated rings. The van der Waals surface area contributed by atoms with E-state index in [-0.39, 0.29) is 16.5 Å². The summed E-state index contributed by atoms with van der Waals surface area (Å²) in [6, 6.07) is 3.21. The highest BCUT2D eigenvalue weighted by atomic mass is 35.5. The molecule has 0 saturated carbocycles. The molecule has 1 rings (SSSR count). The van der Waals surface area contributed by atoms with E-state index < -0.39 is 15.8 Å². The van der Waals surface area contributed by atoms with Gasteiger partial charge in [0.1, 0.15) is 5.82 Å². The topological polar surface area (TPSA) is 46.2 Å². The zero-order valence-electron chi connectivity index (χ0n) is 7.70. The Kier molecular flexibility index (Phi) is 3.84. The number of benzene rings is 1. The molecule has 0 aromatic heterocycles. The van der Waals surface area contributed by atoms with Crippen LogP contribution in [0.2, 0.25) is 5.02 Å². The van der Waals surface area contributed by atoms with Crippen LogP contribution in [0.3, 0.4) is 0 Å². The molecule has 0 saturated heterocycles. The minimum atomic E-state index is -3.63. The van der Waals surface area contributed by atoms with Gasteiger partial charge >= 0.3 is 0 Å². The number of hydrogen-bond acceptors (Lipinski definition) is 2. The summed E-state index contributed by atoms with van der Waals surface area (Å²) in [4.78, 5) is -0.0734. The highest BCUT2D eigenvalue weighted by Gasteiger charge is 2.14. The van der Waals surface area contributed by atoms with Crippen LogP contribution in [0.15, 0.2) is 35.7 Å². The predicted octanol–water partition coefficient (Wildman–Crippen LogP) is 1.94. The van der Waals surface area contributed by atoms with E-state index in [0.717, 1.165) is 18.2 Å². The third kappa shape index (κ3) is 3.02. The van der Waals surface area contributed by atoms with Crippen molar-refractivity contribution in [2.75, 3.05) is 6.54 Å². The number of nitrogens with one attached hydrogen (secondary N) is 1. The summed E-state index contributed by atoms with van der Waals surface area (Å²) in [5.74, 6) is -0.653. The Labute approximate surface area is 92.6 Å². The summed E-state index contributed by atoms with van der Waals surface area (Å²) in [5, 5.41) is -0.225. The Morgan fingerprint density at radius 1 is 1.53 bits per heavy atom. The first-order valence-corrected chi connectivity index (χ1v) is 5.89. The number of hydrogen-bond donors (Lipinski definition) is 1. The molecular formula is C9H9ClFNO2S. The highest BCUT2D eigenvalue weighted by Crippen LogP contribution is 2.18. The third-order valence-corrected chi connectivity index (χ3v) is 3.33. The molecule has 1 aromatic rings. The lowest BCUT2D eigenvalue weighted by Gasteiger charge is -2.04. The summed E-state index contributed by atoms with van der Waals surface area (Å²) in [7, 11) is -3.63. The van der Waals surface area contributed by atoms with Gasteiger partial charge in [-0.25, -0.2) is 17.5 Å². The maximum absolute atomic E-state index is 12.8.